The van der Waals surface area contributed by atoms with E-state index in [4.69, 9.17) is 5.11 Å². The summed E-state index contributed by atoms with van der Waals surface area (Å²) in [6.07, 6.45) is 3.43. The fourth-order valence-corrected chi connectivity index (χ4v) is 1.86. The van der Waals surface area contributed by atoms with Crippen molar-refractivity contribution in [1.29, 1.82) is 0 Å². The van der Waals surface area contributed by atoms with Crippen molar-refractivity contribution in [3.63, 3.8) is 0 Å². The molecule has 0 spiro atoms. The van der Waals surface area contributed by atoms with Gasteiger partial charge in [0.05, 0.1) is 11.9 Å². The number of aliphatic carboxylic acids is 1. The Morgan fingerprint density at radius 1 is 1.42 bits per heavy atom. The molecule has 1 atom stereocenters. The van der Waals surface area contributed by atoms with Crippen LogP contribution in [0.5, 0.6) is 0 Å². The second-order valence-corrected chi connectivity index (χ2v) is 5.43. The van der Waals surface area contributed by atoms with E-state index in [0.717, 1.165) is 4.47 Å². The highest BCUT2D eigenvalue weighted by molar-refractivity contribution is 9.10. The highest BCUT2D eigenvalue weighted by Crippen LogP contribution is 2.13. The highest BCUT2D eigenvalue weighted by atomic mass is 79.9. The van der Waals surface area contributed by atoms with Crippen LogP contribution in [0, 0.1) is 5.92 Å². The second kappa shape index (κ2) is 7.08. The van der Waals surface area contributed by atoms with Crippen molar-refractivity contribution in [1.82, 2.24) is 10.3 Å². The van der Waals surface area contributed by atoms with E-state index >= 15 is 0 Å². The fourth-order valence-electron chi connectivity index (χ4n) is 1.50. The van der Waals surface area contributed by atoms with Gasteiger partial charge in [-0.25, -0.2) is 9.59 Å². The number of nitrogens with zero attached hydrogens (tertiary/aromatic N) is 1. The molecule has 0 saturated carbocycles. The molecule has 2 amide bonds. The largest absolute Gasteiger partial charge is 0.480 e. The average Bonchev–Trinajstić information content (AvgIpc) is 2.27. The molecule has 0 unspecified atom stereocenters. The molecule has 19 heavy (non-hydrogen) atoms. The van der Waals surface area contributed by atoms with Crippen molar-refractivity contribution in [2.45, 2.75) is 26.3 Å². The first-order valence-electron chi connectivity index (χ1n) is 5.79. The molecule has 7 heteroatoms. The Kier molecular flexibility index (Phi) is 5.75. The number of rotatable bonds is 5. The van der Waals surface area contributed by atoms with Gasteiger partial charge in [0.2, 0.25) is 0 Å². The van der Waals surface area contributed by atoms with E-state index in [1.165, 1.54) is 6.20 Å². The zero-order chi connectivity index (χ0) is 14.4. The molecule has 0 fully saturated rings. The molecule has 0 aliphatic heterocycles. The van der Waals surface area contributed by atoms with Crippen LogP contribution in [-0.4, -0.2) is 28.1 Å². The molecule has 1 rings (SSSR count). The third-order valence-corrected chi connectivity index (χ3v) is 2.71. The van der Waals surface area contributed by atoms with Gasteiger partial charge < -0.3 is 15.7 Å². The topological polar surface area (TPSA) is 91.3 Å². The Morgan fingerprint density at radius 3 is 2.63 bits per heavy atom. The number of aromatic nitrogens is 1. The van der Waals surface area contributed by atoms with Gasteiger partial charge in [0, 0.05) is 10.7 Å². The van der Waals surface area contributed by atoms with Gasteiger partial charge in [-0.1, -0.05) is 13.8 Å². The molecule has 0 aliphatic rings. The molecule has 0 radical (unpaired) electrons. The summed E-state index contributed by atoms with van der Waals surface area (Å²) in [6.45, 7) is 3.79. The molecule has 1 aromatic heterocycles. The number of urea groups is 1. The minimum Gasteiger partial charge on any atom is -0.480 e. The molecule has 104 valence electrons. The molecule has 0 bridgehead atoms. The lowest BCUT2D eigenvalue weighted by molar-refractivity contribution is -0.139. The van der Waals surface area contributed by atoms with Crippen molar-refractivity contribution >= 4 is 33.6 Å². The summed E-state index contributed by atoms with van der Waals surface area (Å²) < 4.78 is 0.724. The molecule has 6 nitrogen and oxygen atoms in total. The van der Waals surface area contributed by atoms with Crippen LogP contribution in [0.25, 0.3) is 0 Å². The summed E-state index contributed by atoms with van der Waals surface area (Å²) in [5.41, 5.74) is 0.487. The van der Waals surface area contributed by atoms with Gasteiger partial charge in [0.15, 0.2) is 0 Å². The Bertz CT molecular complexity index is 465. The van der Waals surface area contributed by atoms with E-state index in [-0.39, 0.29) is 5.92 Å². The van der Waals surface area contributed by atoms with Gasteiger partial charge in [-0.3, -0.25) is 4.98 Å². The first-order valence-corrected chi connectivity index (χ1v) is 6.58. The van der Waals surface area contributed by atoms with E-state index in [9.17, 15) is 9.59 Å². The summed E-state index contributed by atoms with van der Waals surface area (Å²) in [4.78, 5) is 26.6. The predicted molar refractivity (Wildman–Crippen MR) is 75.0 cm³/mol. The highest BCUT2D eigenvalue weighted by Gasteiger charge is 2.20. The summed E-state index contributed by atoms with van der Waals surface area (Å²) in [7, 11) is 0. The molecule has 0 aliphatic carbocycles. The SMILES string of the molecule is CC(C)C[C@@H](NC(=O)Nc1cncc(Br)c1)C(=O)O. The molecule has 1 aromatic rings. The monoisotopic (exact) mass is 329 g/mol. The lowest BCUT2D eigenvalue weighted by Gasteiger charge is -2.16. The third-order valence-electron chi connectivity index (χ3n) is 2.27. The summed E-state index contributed by atoms with van der Waals surface area (Å²) >= 11 is 3.23. The fraction of sp³-hybridized carbons (Fsp3) is 0.417. The van der Waals surface area contributed by atoms with Crippen LogP contribution in [-0.2, 0) is 4.79 Å². The van der Waals surface area contributed by atoms with Crippen molar-refractivity contribution in [2.75, 3.05) is 5.32 Å². The Labute approximate surface area is 119 Å². The van der Waals surface area contributed by atoms with Gasteiger partial charge in [-0.15, -0.1) is 0 Å². The normalized spacial score (nSPS) is 12.0. The number of carboxylic acid groups (broad SMARTS) is 1. The third kappa shape index (κ3) is 5.69. The number of carboxylic acids is 1. The van der Waals surface area contributed by atoms with Gasteiger partial charge >= 0.3 is 12.0 Å². The summed E-state index contributed by atoms with van der Waals surface area (Å²) in [6, 6.07) is 0.207. The van der Waals surface area contributed by atoms with Crippen LogP contribution < -0.4 is 10.6 Å². The number of pyridine rings is 1. The smallest absolute Gasteiger partial charge is 0.326 e. The zero-order valence-electron chi connectivity index (χ0n) is 10.7. The quantitative estimate of drug-likeness (QED) is 0.773. The maximum Gasteiger partial charge on any atom is 0.326 e. The number of anilines is 1. The van der Waals surface area contributed by atoms with E-state index in [1.807, 2.05) is 13.8 Å². The van der Waals surface area contributed by atoms with Crippen molar-refractivity contribution in [3.8, 4) is 0 Å². The average molecular weight is 330 g/mol. The van der Waals surface area contributed by atoms with Crippen LogP contribution in [0.2, 0.25) is 0 Å². The molecule has 0 saturated heterocycles. The summed E-state index contributed by atoms with van der Waals surface area (Å²) in [5.74, 6) is -0.870. The standard InChI is InChI=1S/C12H16BrN3O3/c1-7(2)3-10(11(17)18)16-12(19)15-9-4-8(13)5-14-6-9/h4-7,10H,3H2,1-2H3,(H,17,18)(H2,15,16,19)/t10-/m1/s1. The summed E-state index contributed by atoms with van der Waals surface area (Å²) in [5, 5.41) is 14.0. The van der Waals surface area contributed by atoms with Crippen molar-refractivity contribution < 1.29 is 14.7 Å². The number of nitrogens with one attached hydrogen (secondary N) is 2. The number of hydrogen-bond donors (Lipinski definition) is 3. The van der Waals surface area contributed by atoms with Crippen molar-refractivity contribution in [2.24, 2.45) is 5.92 Å². The maximum absolute atomic E-state index is 11.7. The molecule has 3 N–H and O–H groups in total. The minimum absolute atomic E-state index is 0.175. The minimum atomic E-state index is -1.05. The number of carbonyl (C=O) groups is 2. The Balaban J connectivity index is 2.60. The number of halogens is 1. The number of hydrogen-bond acceptors (Lipinski definition) is 3. The van der Waals surface area contributed by atoms with E-state index in [0.29, 0.717) is 12.1 Å². The van der Waals surface area contributed by atoms with Gasteiger partial charge in [0.25, 0.3) is 0 Å². The number of amides is 2. The van der Waals surface area contributed by atoms with Gasteiger partial charge in [0.1, 0.15) is 6.04 Å². The van der Waals surface area contributed by atoms with E-state index in [1.54, 1.807) is 12.3 Å². The predicted octanol–water partition coefficient (Wildman–Crippen LogP) is 2.46. The van der Waals surface area contributed by atoms with E-state index in [2.05, 4.69) is 31.5 Å². The maximum atomic E-state index is 11.7. The molecular weight excluding hydrogens is 314 g/mol. The number of carbonyl (C=O) groups excluding carboxylic acids is 1. The first kappa shape index (κ1) is 15.4. The molecule has 0 aromatic carbocycles. The lowest BCUT2D eigenvalue weighted by atomic mass is 10.0. The Hall–Kier alpha value is -1.63. The second-order valence-electron chi connectivity index (χ2n) is 4.51. The van der Waals surface area contributed by atoms with Crippen LogP contribution in [0.3, 0.4) is 0 Å². The van der Waals surface area contributed by atoms with Crippen LogP contribution >= 0.6 is 15.9 Å². The first-order chi connectivity index (χ1) is 8.88. The molecular formula is C12H16BrN3O3. The van der Waals surface area contributed by atoms with Gasteiger partial charge in [-0.2, -0.15) is 0 Å². The van der Waals surface area contributed by atoms with Crippen LogP contribution in [0.4, 0.5) is 10.5 Å². The van der Waals surface area contributed by atoms with Crippen LogP contribution in [0.1, 0.15) is 20.3 Å². The van der Waals surface area contributed by atoms with Crippen molar-refractivity contribution in [3.05, 3.63) is 22.9 Å². The van der Waals surface area contributed by atoms with E-state index < -0.39 is 18.0 Å². The lowest BCUT2D eigenvalue weighted by Crippen LogP contribution is -2.43. The zero-order valence-corrected chi connectivity index (χ0v) is 12.3. The molecule has 1 heterocycles. The van der Waals surface area contributed by atoms with Gasteiger partial charge in [-0.05, 0) is 34.3 Å². The Morgan fingerprint density at radius 2 is 2.11 bits per heavy atom. The van der Waals surface area contributed by atoms with Crippen LogP contribution in [0.15, 0.2) is 22.9 Å².